The second-order valence-electron chi connectivity index (χ2n) is 8.92. The number of nitrogens with zero attached hydrogens (tertiary/aromatic N) is 4. The lowest BCUT2D eigenvalue weighted by Crippen LogP contribution is -2.42. The number of aliphatic hydroxyl groups is 1. The van der Waals surface area contributed by atoms with Crippen LogP contribution in [0.25, 0.3) is 0 Å². The molecule has 10 heteroatoms. The van der Waals surface area contributed by atoms with Gasteiger partial charge in [-0.25, -0.2) is 18.7 Å². The fourth-order valence-electron chi connectivity index (χ4n) is 4.38. The number of aliphatic hydroxyl groups excluding tert-OH is 1. The highest BCUT2D eigenvalue weighted by Crippen LogP contribution is 2.36. The zero-order valence-corrected chi connectivity index (χ0v) is 19.5. The van der Waals surface area contributed by atoms with Gasteiger partial charge >= 0.3 is 0 Å². The second kappa shape index (κ2) is 9.96. The quantitative estimate of drug-likeness (QED) is 0.650. The van der Waals surface area contributed by atoms with Crippen LogP contribution in [0.1, 0.15) is 50.9 Å². The largest absolute Gasteiger partial charge is 0.451 e. The summed E-state index contributed by atoms with van der Waals surface area (Å²) < 4.78 is 35.0. The van der Waals surface area contributed by atoms with Crippen molar-refractivity contribution in [3.8, 4) is 11.5 Å². The second-order valence-corrected chi connectivity index (χ2v) is 8.92. The molecular formula is C23H31F2N5O3. The molecule has 3 unspecified atom stereocenters. The van der Waals surface area contributed by atoms with Crippen LogP contribution >= 0.6 is 0 Å². The van der Waals surface area contributed by atoms with Gasteiger partial charge in [0.25, 0.3) is 5.91 Å². The van der Waals surface area contributed by atoms with Gasteiger partial charge in [0.1, 0.15) is 17.6 Å². The van der Waals surface area contributed by atoms with E-state index in [0.717, 1.165) is 6.07 Å². The van der Waals surface area contributed by atoms with Crippen LogP contribution in [0.4, 0.5) is 14.6 Å². The third-order valence-corrected chi connectivity index (χ3v) is 5.86. The smallest absolute Gasteiger partial charge is 0.261 e. The summed E-state index contributed by atoms with van der Waals surface area (Å²) in [6.45, 7) is 7.19. The van der Waals surface area contributed by atoms with Crippen LogP contribution < -0.4 is 15.4 Å². The van der Waals surface area contributed by atoms with Crippen molar-refractivity contribution >= 4 is 11.7 Å². The highest BCUT2D eigenvalue weighted by atomic mass is 19.2. The fraction of sp³-hybridized carbons (Fsp3) is 0.522. The Hall–Kier alpha value is -2.85. The Morgan fingerprint density at radius 3 is 2.42 bits per heavy atom. The lowest BCUT2D eigenvalue weighted by Gasteiger charge is -2.32. The van der Waals surface area contributed by atoms with Gasteiger partial charge in [0.05, 0.1) is 18.3 Å². The number of rotatable bonds is 7. The maximum absolute atomic E-state index is 14.9. The van der Waals surface area contributed by atoms with Gasteiger partial charge in [0, 0.05) is 25.2 Å². The summed E-state index contributed by atoms with van der Waals surface area (Å²) in [6.07, 6.45) is 3.04. The van der Waals surface area contributed by atoms with E-state index >= 15 is 0 Å². The average molecular weight is 464 g/mol. The molecule has 0 bridgehead atoms. The normalized spacial score (nSPS) is 20.4. The van der Waals surface area contributed by atoms with E-state index in [0.29, 0.717) is 18.7 Å². The summed E-state index contributed by atoms with van der Waals surface area (Å²) in [5, 5.41) is 10.4. The summed E-state index contributed by atoms with van der Waals surface area (Å²) in [6, 6.07) is 1.17. The van der Waals surface area contributed by atoms with E-state index in [1.54, 1.807) is 39.6 Å². The van der Waals surface area contributed by atoms with Gasteiger partial charge in [-0.15, -0.1) is 0 Å². The van der Waals surface area contributed by atoms with E-state index in [2.05, 4.69) is 9.97 Å². The van der Waals surface area contributed by atoms with Crippen molar-refractivity contribution in [3.05, 3.63) is 41.9 Å². The van der Waals surface area contributed by atoms with Crippen LogP contribution in [-0.4, -0.2) is 63.2 Å². The zero-order chi connectivity index (χ0) is 24.4. The average Bonchev–Trinajstić information content (AvgIpc) is 3.08. The predicted molar refractivity (Wildman–Crippen MR) is 120 cm³/mol. The van der Waals surface area contributed by atoms with Crippen molar-refractivity contribution in [2.45, 2.75) is 70.8 Å². The first-order valence-corrected chi connectivity index (χ1v) is 11.0. The van der Waals surface area contributed by atoms with Gasteiger partial charge in [0.2, 0.25) is 0 Å². The van der Waals surface area contributed by atoms with Gasteiger partial charge in [-0.3, -0.25) is 4.79 Å². The molecule has 1 aliphatic rings. The van der Waals surface area contributed by atoms with Crippen LogP contribution in [0.3, 0.4) is 0 Å². The van der Waals surface area contributed by atoms with Crippen LogP contribution in [-0.2, 0) is 0 Å². The van der Waals surface area contributed by atoms with E-state index in [9.17, 15) is 18.7 Å². The molecule has 180 valence electrons. The Balaban J connectivity index is 2.02. The molecule has 0 saturated heterocycles. The Bertz CT molecular complexity index is 996. The molecule has 3 atom stereocenters. The van der Waals surface area contributed by atoms with Gasteiger partial charge in [-0.2, -0.15) is 0 Å². The molecule has 1 fully saturated rings. The Kier molecular flexibility index (Phi) is 7.48. The van der Waals surface area contributed by atoms with E-state index < -0.39 is 29.2 Å². The molecule has 8 nitrogen and oxygen atoms in total. The number of anilines is 1. The summed E-state index contributed by atoms with van der Waals surface area (Å²) in [5.74, 6) is -2.81. The molecule has 1 aromatic heterocycles. The highest BCUT2D eigenvalue weighted by molar-refractivity contribution is 5.97. The molecule has 1 aromatic carbocycles. The van der Waals surface area contributed by atoms with Crippen molar-refractivity contribution in [2.75, 3.05) is 11.9 Å². The molecule has 0 spiro atoms. The number of aromatic nitrogens is 2. The van der Waals surface area contributed by atoms with Crippen molar-refractivity contribution in [3.63, 3.8) is 0 Å². The zero-order valence-electron chi connectivity index (χ0n) is 19.5. The van der Waals surface area contributed by atoms with Crippen LogP contribution in [0.15, 0.2) is 24.7 Å². The number of nitrogens with two attached hydrogens (primary N) is 1. The number of benzene rings is 1. The number of amides is 1. The third-order valence-electron chi connectivity index (χ3n) is 5.86. The first-order valence-electron chi connectivity index (χ1n) is 11.0. The first kappa shape index (κ1) is 24.8. The summed E-state index contributed by atoms with van der Waals surface area (Å²) in [7, 11) is 1.73. The van der Waals surface area contributed by atoms with Crippen molar-refractivity contribution in [1.82, 2.24) is 14.9 Å². The minimum atomic E-state index is -1.28. The summed E-state index contributed by atoms with van der Waals surface area (Å²) >= 11 is 0. The standard InChI is InChI=1S/C23H31F2N5O3/c1-12(2)30(13(3)4)23(32)20-18(7-6-15(24)21(20)25)33-19-10-27-11-28-22(19)29(5)16-8-14(26)9-17(16)31/h6-7,10-14,16-17,31H,8-9,26H2,1-5H3. The number of carbonyl (C=O) groups is 1. The van der Waals surface area contributed by atoms with E-state index in [-0.39, 0.29) is 35.7 Å². The van der Waals surface area contributed by atoms with Gasteiger partial charge < -0.3 is 25.4 Å². The van der Waals surface area contributed by atoms with Crippen LogP contribution in [0, 0.1) is 11.6 Å². The third kappa shape index (κ3) is 5.06. The number of likely N-dealkylation sites (N-methyl/N-ethyl adjacent to an activating group) is 1. The highest BCUT2D eigenvalue weighted by Gasteiger charge is 2.36. The molecule has 0 radical (unpaired) electrons. The molecule has 1 saturated carbocycles. The van der Waals surface area contributed by atoms with Crippen molar-refractivity contribution in [2.24, 2.45) is 5.73 Å². The van der Waals surface area contributed by atoms with Crippen LogP contribution in [0.5, 0.6) is 11.5 Å². The van der Waals surface area contributed by atoms with Crippen LogP contribution in [0.2, 0.25) is 0 Å². The summed E-state index contributed by atoms with van der Waals surface area (Å²) in [4.78, 5) is 24.7. The Morgan fingerprint density at radius 1 is 1.18 bits per heavy atom. The van der Waals surface area contributed by atoms with E-state index in [1.165, 1.54) is 23.5 Å². The molecule has 1 heterocycles. The predicted octanol–water partition coefficient (Wildman–Crippen LogP) is 3.09. The molecule has 1 aliphatic carbocycles. The van der Waals surface area contributed by atoms with E-state index in [4.69, 9.17) is 10.5 Å². The number of hydrogen-bond acceptors (Lipinski definition) is 7. The SMILES string of the molecule is CC(C)N(C(=O)c1c(Oc2cncnc2N(C)C2CC(N)CC2O)ccc(F)c1F)C(C)C. The lowest BCUT2D eigenvalue weighted by molar-refractivity contribution is 0.0634. The first-order chi connectivity index (χ1) is 15.5. The number of ether oxygens (including phenoxy) is 1. The minimum Gasteiger partial charge on any atom is -0.451 e. The lowest BCUT2D eigenvalue weighted by atomic mass is 10.1. The molecule has 2 aromatic rings. The Morgan fingerprint density at radius 2 is 1.85 bits per heavy atom. The molecule has 1 amide bonds. The fourth-order valence-corrected chi connectivity index (χ4v) is 4.38. The van der Waals surface area contributed by atoms with E-state index in [1.807, 2.05) is 0 Å². The minimum absolute atomic E-state index is 0.133. The maximum Gasteiger partial charge on any atom is 0.261 e. The van der Waals surface area contributed by atoms with Gasteiger partial charge in [-0.05, 0) is 52.7 Å². The molecule has 3 rings (SSSR count). The molecule has 0 aliphatic heterocycles. The van der Waals surface area contributed by atoms with Gasteiger partial charge in [0.15, 0.2) is 23.2 Å². The number of carbonyl (C=O) groups excluding carboxylic acids is 1. The summed E-state index contributed by atoms with van der Waals surface area (Å²) in [5.41, 5.74) is 5.48. The molecule has 3 N–H and O–H groups in total. The van der Waals surface area contributed by atoms with Crippen molar-refractivity contribution < 1.29 is 23.4 Å². The molecular weight excluding hydrogens is 432 g/mol. The number of halogens is 2. The Labute approximate surface area is 192 Å². The monoisotopic (exact) mass is 463 g/mol. The topological polar surface area (TPSA) is 105 Å². The van der Waals surface area contributed by atoms with Gasteiger partial charge in [-0.1, -0.05) is 0 Å². The number of hydrogen-bond donors (Lipinski definition) is 2. The molecule has 33 heavy (non-hydrogen) atoms. The maximum atomic E-state index is 14.9. The van der Waals surface area contributed by atoms with Crippen molar-refractivity contribution in [1.29, 1.82) is 0 Å².